The van der Waals surface area contributed by atoms with Gasteiger partial charge in [0.15, 0.2) is 5.11 Å². The van der Waals surface area contributed by atoms with Crippen molar-refractivity contribution < 1.29 is 14.5 Å². The molecule has 1 fully saturated rings. The van der Waals surface area contributed by atoms with Gasteiger partial charge in [-0.05, 0) is 58.5 Å². The Bertz CT molecular complexity index is 1540. The van der Waals surface area contributed by atoms with E-state index in [1.54, 1.807) is 6.07 Å². The zero-order valence-corrected chi connectivity index (χ0v) is 24.4. The Morgan fingerprint density at radius 2 is 1.89 bits per heavy atom. The summed E-state index contributed by atoms with van der Waals surface area (Å²) in [6.07, 6.45) is 0. The minimum atomic E-state index is -0.553. The molecule has 0 aliphatic carbocycles. The van der Waals surface area contributed by atoms with Crippen LogP contribution >= 0.6 is 55.4 Å². The number of thiocarbonyl (C=S) groups is 1. The van der Waals surface area contributed by atoms with Crippen molar-refractivity contribution >= 4 is 93.7 Å². The van der Waals surface area contributed by atoms with Crippen molar-refractivity contribution in [3.8, 4) is 10.6 Å². The summed E-state index contributed by atoms with van der Waals surface area (Å²) >= 11 is 14.2. The van der Waals surface area contributed by atoms with Crippen LogP contribution in [0.25, 0.3) is 20.8 Å². The number of nitrogens with one attached hydrogen (secondary N) is 2. The molecule has 1 aromatic heterocycles. The van der Waals surface area contributed by atoms with Gasteiger partial charge in [-0.15, -0.1) is 11.3 Å². The molecule has 0 saturated carbocycles. The summed E-state index contributed by atoms with van der Waals surface area (Å²) in [5.74, 6) is -0.553. The highest BCUT2D eigenvalue weighted by Gasteiger charge is 2.23. The number of thiazole rings is 1. The van der Waals surface area contributed by atoms with Crippen molar-refractivity contribution in [1.82, 2.24) is 10.3 Å². The first-order valence-electron chi connectivity index (χ1n) is 11.4. The molecule has 9 nitrogen and oxygen atoms in total. The average Bonchev–Trinajstić information content (AvgIpc) is 3.34. The largest absolute Gasteiger partial charge is 0.378 e. The quantitative estimate of drug-likeness (QED) is 0.143. The highest BCUT2D eigenvalue weighted by Crippen LogP contribution is 2.40. The monoisotopic (exact) mass is 675 g/mol. The van der Waals surface area contributed by atoms with Crippen molar-refractivity contribution in [3.63, 3.8) is 0 Å². The maximum atomic E-state index is 13.3. The summed E-state index contributed by atoms with van der Waals surface area (Å²) in [7, 11) is 0. The van der Waals surface area contributed by atoms with Gasteiger partial charge in [-0.3, -0.25) is 20.2 Å². The van der Waals surface area contributed by atoms with Gasteiger partial charge < -0.3 is 15.0 Å². The topological polar surface area (TPSA) is 110 Å². The van der Waals surface area contributed by atoms with E-state index in [0.717, 1.165) is 25.3 Å². The molecule has 0 atom stereocenters. The number of rotatable bonds is 5. The minimum Gasteiger partial charge on any atom is -0.378 e. The van der Waals surface area contributed by atoms with Crippen LogP contribution in [0.1, 0.15) is 10.4 Å². The lowest BCUT2D eigenvalue weighted by atomic mass is 10.1. The molecule has 1 aliphatic heterocycles. The third-order valence-electron chi connectivity index (χ3n) is 5.83. The molecule has 0 bridgehead atoms. The van der Waals surface area contributed by atoms with E-state index < -0.39 is 10.8 Å². The number of amides is 1. The van der Waals surface area contributed by atoms with Gasteiger partial charge in [0.1, 0.15) is 5.01 Å². The highest BCUT2D eigenvalue weighted by atomic mass is 79.9. The number of para-hydroxylation sites is 1. The van der Waals surface area contributed by atoms with E-state index in [9.17, 15) is 14.9 Å². The number of halogens is 2. The van der Waals surface area contributed by atoms with Crippen molar-refractivity contribution in [2.45, 2.75) is 0 Å². The Hall–Kier alpha value is -2.97. The number of nitro groups is 1. The van der Waals surface area contributed by atoms with Crippen LogP contribution in [0.15, 0.2) is 63.5 Å². The van der Waals surface area contributed by atoms with Crippen LogP contribution in [-0.2, 0) is 4.74 Å². The van der Waals surface area contributed by atoms with Gasteiger partial charge in [0, 0.05) is 39.7 Å². The molecule has 1 amide bonds. The molecule has 0 spiro atoms. The molecule has 0 radical (unpaired) electrons. The lowest BCUT2D eigenvalue weighted by Crippen LogP contribution is -2.39. The highest BCUT2D eigenvalue weighted by molar-refractivity contribution is 9.11. The molecule has 38 heavy (non-hydrogen) atoms. The second-order valence-electron chi connectivity index (χ2n) is 8.26. The fraction of sp³-hybridized carbons (Fsp3) is 0.160. The molecule has 1 saturated heterocycles. The Morgan fingerprint density at radius 1 is 1.13 bits per heavy atom. The Balaban J connectivity index is 1.43. The van der Waals surface area contributed by atoms with Crippen molar-refractivity contribution in [2.75, 3.05) is 36.5 Å². The van der Waals surface area contributed by atoms with Gasteiger partial charge in [0.2, 0.25) is 0 Å². The van der Waals surface area contributed by atoms with E-state index >= 15 is 0 Å². The summed E-state index contributed by atoms with van der Waals surface area (Å²) in [4.78, 5) is 31.0. The number of nitrogens with zero attached hydrogens (tertiary/aromatic N) is 3. The number of anilines is 2. The predicted octanol–water partition coefficient (Wildman–Crippen LogP) is 6.36. The summed E-state index contributed by atoms with van der Waals surface area (Å²) in [5.41, 5.74) is 2.86. The molecular weight excluding hydrogens is 658 g/mol. The summed E-state index contributed by atoms with van der Waals surface area (Å²) in [6.45, 7) is 2.14. The molecule has 2 heterocycles. The second-order valence-corrected chi connectivity index (χ2v) is 11.5. The first kappa shape index (κ1) is 26.6. The predicted molar refractivity (Wildman–Crippen MR) is 160 cm³/mol. The SMILES string of the molecule is O=C(NC(=S)Nc1c(Br)cc(Br)cc1-c1nc2ccccc2s1)c1cc([N+](=O)[O-])ccc1N1CCOCC1. The summed E-state index contributed by atoms with van der Waals surface area (Å²) < 4.78 is 8.00. The number of fused-ring (bicyclic) bond motifs is 1. The normalized spacial score (nSPS) is 13.4. The van der Waals surface area contributed by atoms with Crippen molar-refractivity contribution in [3.05, 3.63) is 79.2 Å². The van der Waals surface area contributed by atoms with Gasteiger partial charge in [0.05, 0.1) is 45.3 Å². The van der Waals surface area contributed by atoms with Crippen LogP contribution in [0, 0.1) is 10.1 Å². The van der Waals surface area contributed by atoms with Crippen molar-refractivity contribution in [2.24, 2.45) is 0 Å². The van der Waals surface area contributed by atoms with Gasteiger partial charge in [-0.1, -0.05) is 28.1 Å². The number of hydrogen-bond donors (Lipinski definition) is 2. The van der Waals surface area contributed by atoms with Crippen LogP contribution in [0.5, 0.6) is 0 Å². The van der Waals surface area contributed by atoms with E-state index in [0.29, 0.717) is 42.2 Å². The molecule has 0 unspecified atom stereocenters. The van der Waals surface area contributed by atoms with Crippen LogP contribution in [0.3, 0.4) is 0 Å². The second kappa shape index (κ2) is 11.4. The van der Waals surface area contributed by atoms with Crippen LogP contribution in [0.4, 0.5) is 17.1 Å². The third kappa shape index (κ3) is 5.71. The number of morpholine rings is 1. The summed E-state index contributed by atoms with van der Waals surface area (Å²) in [5, 5.41) is 18.0. The number of hydrogen-bond acceptors (Lipinski definition) is 8. The molecule has 5 rings (SSSR count). The van der Waals surface area contributed by atoms with Gasteiger partial charge in [-0.2, -0.15) is 0 Å². The Kier molecular flexibility index (Phi) is 8.00. The molecule has 4 aromatic rings. The number of aromatic nitrogens is 1. The van der Waals surface area contributed by atoms with Crippen LogP contribution < -0.4 is 15.5 Å². The van der Waals surface area contributed by atoms with E-state index in [1.165, 1.54) is 23.5 Å². The van der Waals surface area contributed by atoms with Gasteiger partial charge in [-0.25, -0.2) is 4.98 Å². The Labute approximate surface area is 243 Å². The van der Waals surface area contributed by atoms with Crippen LogP contribution in [0.2, 0.25) is 0 Å². The molecule has 3 aromatic carbocycles. The molecule has 194 valence electrons. The fourth-order valence-corrected chi connectivity index (χ4v) is 6.58. The smallest absolute Gasteiger partial charge is 0.270 e. The lowest BCUT2D eigenvalue weighted by Gasteiger charge is -2.30. The van der Waals surface area contributed by atoms with E-state index in [1.807, 2.05) is 41.3 Å². The lowest BCUT2D eigenvalue weighted by molar-refractivity contribution is -0.384. The molecule has 1 aliphatic rings. The number of carbonyl (C=O) groups excluding carboxylic acids is 1. The maximum absolute atomic E-state index is 13.3. The van der Waals surface area contributed by atoms with Crippen molar-refractivity contribution in [1.29, 1.82) is 0 Å². The van der Waals surface area contributed by atoms with E-state index in [-0.39, 0.29) is 16.4 Å². The number of carbonyl (C=O) groups is 1. The maximum Gasteiger partial charge on any atom is 0.270 e. The van der Waals surface area contributed by atoms with Crippen LogP contribution in [-0.4, -0.2) is 47.2 Å². The standard InChI is InChI=1S/C25H19Br2N5O4S2/c26-14-11-17(24-28-19-3-1-2-4-21(19)38-24)22(18(27)12-14)29-25(37)30-23(33)16-13-15(32(34)35)5-6-20(16)31-7-9-36-10-8-31/h1-6,11-13H,7-10H2,(H2,29,30,33,37). The number of benzene rings is 3. The Morgan fingerprint density at radius 3 is 2.63 bits per heavy atom. The van der Waals surface area contributed by atoms with E-state index in [4.69, 9.17) is 21.9 Å². The number of nitro benzene ring substituents is 1. The first-order valence-corrected chi connectivity index (χ1v) is 14.2. The number of non-ortho nitro benzene ring substituents is 1. The van der Waals surface area contributed by atoms with E-state index in [2.05, 4.69) is 42.5 Å². The fourth-order valence-electron chi connectivity index (χ4n) is 4.07. The minimum absolute atomic E-state index is 0.0415. The molecular formula is C25H19Br2N5O4S2. The number of ether oxygens (including phenoxy) is 1. The zero-order chi connectivity index (χ0) is 26.8. The summed E-state index contributed by atoms with van der Waals surface area (Å²) in [6, 6.07) is 15.9. The van der Waals surface area contributed by atoms with Gasteiger partial charge in [0.25, 0.3) is 11.6 Å². The zero-order valence-electron chi connectivity index (χ0n) is 19.6. The van der Waals surface area contributed by atoms with Gasteiger partial charge >= 0.3 is 0 Å². The molecule has 13 heteroatoms. The third-order valence-corrected chi connectivity index (χ3v) is 8.19. The molecule has 2 N–H and O–H groups in total. The first-order chi connectivity index (χ1) is 18.3. The average molecular weight is 677 g/mol.